The number of hydrogen-bond acceptors (Lipinski definition) is 7. The Morgan fingerprint density at radius 1 is 1.19 bits per heavy atom. The molecule has 0 unspecified atom stereocenters. The van der Waals surface area contributed by atoms with E-state index in [4.69, 9.17) is 4.52 Å². The quantitative estimate of drug-likeness (QED) is 0.854. The molecule has 7 heteroatoms. The van der Waals surface area contributed by atoms with Crippen LogP contribution in [0.2, 0.25) is 0 Å². The summed E-state index contributed by atoms with van der Waals surface area (Å²) in [4.78, 5) is 11.1. The summed E-state index contributed by atoms with van der Waals surface area (Å²) in [5.41, 5.74) is 1.88. The van der Waals surface area contributed by atoms with E-state index >= 15 is 0 Å². The fourth-order valence-electron chi connectivity index (χ4n) is 4.27. The highest BCUT2D eigenvalue weighted by molar-refractivity contribution is 5.70. The van der Waals surface area contributed by atoms with Gasteiger partial charge in [-0.1, -0.05) is 24.4 Å². The minimum Gasteiger partial charge on any atom is -0.390 e. The average Bonchev–Trinajstić information content (AvgIpc) is 3.10. The number of rotatable bonds is 4. The molecule has 0 amide bonds. The molecule has 2 N–H and O–H groups in total. The van der Waals surface area contributed by atoms with Gasteiger partial charge in [0.2, 0.25) is 0 Å². The van der Waals surface area contributed by atoms with Gasteiger partial charge in [0, 0.05) is 31.4 Å². The number of hydrogen-bond donors (Lipinski definition) is 2. The number of nitrogens with zero attached hydrogens (tertiary/aromatic N) is 4. The zero-order valence-corrected chi connectivity index (χ0v) is 16.2. The van der Waals surface area contributed by atoms with Crippen molar-refractivity contribution >= 4 is 5.82 Å². The third-order valence-electron chi connectivity index (χ3n) is 5.70. The van der Waals surface area contributed by atoms with Crippen LogP contribution in [0.15, 0.2) is 16.8 Å². The van der Waals surface area contributed by atoms with E-state index in [0.717, 1.165) is 29.9 Å². The molecule has 7 nitrogen and oxygen atoms in total. The van der Waals surface area contributed by atoms with Crippen molar-refractivity contribution in [2.24, 2.45) is 0 Å². The van der Waals surface area contributed by atoms with Gasteiger partial charge in [0.05, 0.1) is 11.7 Å². The van der Waals surface area contributed by atoms with Crippen LogP contribution < -0.4 is 10.2 Å². The first kappa shape index (κ1) is 18.4. The lowest BCUT2D eigenvalue weighted by Crippen LogP contribution is -2.55. The molecule has 2 fully saturated rings. The minimum atomic E-state index is -0.416. The zero-order valence-electron chi connectivity index (χ0n) is 16.2. The molecule has 2 atom stereocenters. The van der Waals surface area contributed by atoms with Crippen molar-refractivity contribution in [3.8, 4) is 11.5 Å². The van der Waals surface area contributed by atoms with Crippen molar-refractivity contribution in [1.82, 2.24) is 20.4 Å². The van der Waals surface area contributed by atoms with E-state index in [2.05, 4.69) is 25.3 Å². The molecule has 1 saturated carbocycles. The van der Waals surface area contributed by atoms with Crippen molar-refractivity contribution in [2.75, 3.05) is 18.0 Å². The van der Waals surface area contributed by atoms with Crippen molar-refractivity contribution in [3.63, 3.8) is 0 Å². The molecule has 4 rings (SSSR count). The van der Waals surface area contributed by atoms with Gasteiger partial charge in [-0.2, -0.15) is 4.98 Å². The van der Waals surface area contributed by atoms with E-state index in [1.807, 2.05) is 26.1 Å². The summed E-state index contributed by atoms with van der Waals surface area (Å²) >= 11 is 0. The summed E-state index contributed by atoms with van der Waals surface area (Å²) in [6.07, 6.45) is 8.73. The lowest BCUT2D eigenvalue weighted by Gasteiger charge is -2.39. The van der Waals surface area contributed by atoms with Crippen molar-refractivity contribution in [2.45, 2.75) is 70.6 Å². The molecule has 0 bridgehead atoms. The lowest BCUT2D eigenvalue weighted by molar-refractivity contribution is 0.103. The van der Waals surface area contributed by atoms with E-state index in [-0.39, 0.29) is 6.04 Å². The van der Waals surface area contributed by atoms with E-state index < -0.39 is 6.10 Å². The monoisotopic (exact) mass is 371 g/mol. The molecular formula is C20H29N5O2. The highest BCUT2D eigenvalue weighted by Crippen LogP contribution is 2.31. The topological polar surface area (TPSA) is 87.3 Å². The lowest BCUT2D eigenvalue weighted by atomic mass is 9.92. The van der Waals surface area contributed by atoms with E-state index in [0.29, 0.717) is 24.3 Å². The Labute approximate surface area is 160 Å². The second-order valence-corrected chi connectivity index (χ2v) is 7.94. The molecule has 3 heterocycles. The number of piperidine rings is 1. The number of aliphatic hydroxyl groups excluding tert-OH is 1. The largest absolute Gasteiger partial charge is 0.390 e. The maximum absolute atomic E-state index is 10.8. The first-order valence-electron chi connectivity index (χ1n) is 10.1. The highest BCUT2D eigenvalue weighted by atomic mass is 16.5. The van der Waals surface area contributed by atoms with Gasteiger partial charge in [-0.25, -0.2) is 4.98 Å². The highest BCUT2D eigenvalue weighted by Gasteiger charge is 2.31. The maximum atomic E-state index is 10.8. The number of anilines is 1. The second-order valence-electron chi connectivity index (χ2n) is 7.94. The van der Waals surface area contributed by atoms with Crippen LogP contribution in [0, 0.1) is 13.8 Å². The third-order valence-corrected chi connectivity index (χ3v) is 5.70. The van der Waals surface area contributed by atoms with Crippen molar-refractivity contribution in [1.29, 1.82) is 0 Å². The SMILES string of the molecule is Cc1cnc(N2CC[C@@H](NC3CCCCC3)[C@H](O)C2)c(-c2nc(C)no2)c1. The van der Waals surface area contributed by atoms with E-state index in [9.17, 15) is 5.11 Å². The Morgan fingerprint density at radius 2 is 2.00 bits per heavy atom. The molecule has 1 saturated heterocycles. The predicted octanol–water partition coefficient (Wildman–Crippen LogP) is 2.61. The Bertz CT molecular complexity index is 771. The van der Waals surface area contributed by atoms with Gasteiger partial charge in [0.1, 0.15) is 5.82 Å². The summed E-state index contributed by atoms with van der Waals surface area (Å²) in [6.45, 7) is 5.21. The average molecular weight is 371 g/mol. The van der Waals surface area contributed by atoms with Crippen molar-refractivity contribution < 1.29 is 9.63 Å². The summed E-state index contributed by atoms with van der Waals surface area (Å²) < 4.78 is 5.38. The Hall–Kier alpha value is -1.99. The second kappa shape index (κ2) is 7.94. The molecule has 2 aliphatic rings. The molecule has 27 heavy (non-hydrogen) atoms. The zero-order chi connectivity index (χ0) is 18.8. The van der Waals surface area contributed by atoms with E-state index in [1.165, 1.54) is 32.1 Å². The number of nitrogens with one attached hydrogen (secondary N) is 1. The molecule has 2 aromatic heterocycles. The number of β-amino-alcohol motifs (C(OH)–C–C–N with tert-alkyl or cyclic N) is 1. The fourth-order valence-corrected chi connectivity index (χ4v) is 4.27. The summed E-state index contributed by atoms with van der Waals surface area (Å²) in [6, 6.07) is 2.73. The van der Waals surface area contributed by atoms with Crippen LogP contribution in [0.3, 0.4) is 0 Å². The first-order chi connectivity index (χ1) is 13.1. The number of pyridine rings is 1. The Kier molecular flexibility index (Phi) is 5.41. The summed E-state index contributed by atoms with van der Waals surface area (Å²) in [5, 5.41) is 18.4. The minimum absolute atomic E-state index is 0.156. The van der Waals surface area contributed by atoms with Gasteiger partial charge < -0.3 is 19.8 Å². The van der Waals surface area contributed by atoms with Gasteiger partial charge >= 0.3 is 0 Å². The maximum Gasteiger partial charge on any atom is 0.261 e. The van der Waals surface area contributed by atoms with Crippen LogP contribution in [-0.2, 0) is 0 Å². The standard InChI is InChI=1S/C20H29N5O2/c1-13-10-16(20-22-14(2)24-27-20)19(21-11-13)25-9-8-17(18(26)12-25)23-15-6-4-3-5-7-15/h10-11,15,17-18,23,26H,3-9,12H2,1-2H3/t17-,18-/m1/s1. The Morgan fingerprint density at radius 3 is 2.70 bits per heavy atom. The number of aliphatic hydroxyl groups is 1. The normalized spacial score (nSPS) is 24.3. The van der Waals surface area contributed by atoms with Crippen LogP contribution >= 0.6 is 0 Å². The van der Waals surface area contributed by atoms with Crippen LogP contribution in [0.5, 0.6) is 0 Å². The molecule has 2 aromatic rings. The van der Waals surface area contributed by atoms with Crippen LogP contribution in [0.4, 0.5) is 5.82 Å². The Balaban J connectivity index is 1.49. The van der Waals surface area contributed by atoms with E-state index in [1.54, 1.807) is 0 Å². The van der Waals surface area contributed by atoms with Gasteiger partial charge in [0.25, 0.3) is 5.89 Å². The number of aromatic nitrogens is 3. The molecule has 1 aliphatic heterocycles. The van der Waals surface area contributed by atoms with Crippen molar-refractivity contribution in [3.05, 3.63) is 23.7 Å². The summed E-state index contributed by atoms with van der Waals surface area (Å²) in [5.74, 6) is 1.89. The first-order valence-corrected chi connectivity index (χ1v) is 10.1. The smallest absolute Gasteiger partial charge is 0.261 e. The van der Waals surface area contributed by atoms with Gasteiger partial charge in [-0.05, 0) is 44.7 Å². The third kappa shape index (κ3) is 4.14. The van der Waals surface area contributed by atoms with Gasteiger partial charge in [0.15, 0.2) is 5.82 Å². The predicted molar refractivity (Wildman–Crippen MR) is 104 cm³/mol. The van der Waals surface area contributed by atoms with Gasteiger partial charge in [-0.3, -0.25) is 0 Å². The van der Waals surface area contributed by atoms with Crippen LogP contribution in [0.25, 0.3) is 11.5 Å². The summed E-state index contributed by atoms with van der Waals surface area (Å²) in [7, 11) is 0. The fraction of sp³-hybridized carbons (Fsp3) is 0.650. The van der Waals surface area contributed by atoms with Gasteiger partial charge in [-0.15, -0.1) is 0 Å². The number of aryl methyl sites for hydroxylation is 2. The molecular weight excluding hydrogens is 342 g/mol. The molecule has 146 valence electrons. The van der Waals surface area contributed by atoms with Crippen LogP contribution in [0.1, 0.15) is 49.9 Å². The van der Waals surface area contributed by atoms with Crippen LogP contribution in [-0.4, -0.2) is 51.5 Å². The molecule has 0 spiro atoms. The molecule has 0 radical (unpaired) electrons. The molecule has 0 aromatic carbocycles. The molecule has 1 aliphatic carbocycles.